The SMILES string of the molecule is CN(c1ncccc1CNc1nc(Nc2cccc(C(=O)NC[C@H]3CCCO3)c2)ncc1C(F)(F)F)S(C)(=O)=O. The molecule has 40 heavy (non-hydrogen) atoms. The predicted molar refractivity (Wildman–Crippen MR) is 143 cm³/mol. The van der Waals surface area contributed by atoms with Crippen LogP contribution in [0.2, 0.25) is 0 Å². The third-order valence-corrected chi connectivity index (χ3v) is 7.27. The van der Waals surface area contributed by atoms with Crippen molar-refractivity contribution in [1.82, 2.24) is 20.3 Å². The van der Waals surface area contributed by atoms with Crippen LogP contribution < -0.4 is 20.3 Å². The molecule has 2 aromatic heterocycles. The van der Waals surface area contributed by atoms with Gasteiger partial charge in [-0.25, -0.2) is 18.4 Å². The minimum absolute atomic E-state index is 0.0220. The fourth-order valence-electron chi connectivity index (χ4n) is 3.95. The smallest absolute Gasteiger partial charge is 0.376 e. The second-order valence-electron chi connectivity index (χ2n) is 9.07. The van der Waals surface area contributed by atoms with E-state index in [-0.39, 0.29) is 30.3 Å². The van der Waals surface area contributed by atoms with Crippen LogP contribution in [0.25, 0.3) is 0 Å². The number of benzene rings is 1. The van der Waals surface area contributed by atoms with Crippen LogP contribution in [0.3, 0.4) is 0 Å². The van der Waals surface area contributed by atoms with Gasteiger partial charge in [0.25, 0.3) is 5.91 Å². The summed E-state index contributed by atoms with van der Waals surface area (Å²) in [4.78, 5) is 24.4. The van der Waals surface area contributed by atoms with Crippen molar-refractivity contribution in [2.75, 3.05) is 41.4 Å². The standard InChI is InChI=1S/C25H28F3N7O4S/c1-35(40(2,37)38)22-17(7-4-10-29-22)13-30-21-20(25(26,27)28)15-32-24(34-21)33-18-8-3-6-16(12-18)23(36)31-14-19-9-5-11-39-19/h3-4,6-8,10,12,15,19H,5,9,11,13-14H2,1-2H3,(H,31,36)(H2,30,32,33,34)/t19-/m1/s1. The fraction of sp³-hybridized carbons (Fsp3) is 0.360. The van der Waals surface area contributed by atoms with Gasteiger partial charge < -0.3 is 20.7 Å². The normalized spacial score (nSPS) is 15.5. The number of anilines is 4. The predicted octanol–water partition coefficient (Wildman–Crippen LogP) is 3.55. The molecule has 0 unspecified atom stereocenters. The highest BCUT2D eigenvalue weighted by molar-refractivity contribution is 7.92. The Bertz CT molecular complexity index is 1460. The first kappa shape index (κ1) is 29.0. The van der Waals surface area contributed by atoms with E-state index in [1.165, 1.54) is 25.4 Å². The zero-order valence-corrected chi connectivity index (χ0v) is 22.5. The summed E-state index contributed by atoms with van der Waals surface area (Å²) in [6.45, 7) is 0.847. The number of pyridine rings is 1. The Morgan fingerprint density at radius 3 is 2.70 bits per heavy atom. The van der Waals surface area contributed by atoms with E-state index in [0.29, 0.717) is 36.2 Å². The molecular formula is C25H28F3N7O4S. The molecule has 3 N–H and O–H groups in total. The third-order valence-electron chi connectivity index (χ3n) is 6.10. The van der Waals surface area contributed by atoms with Gasteiger partial charge in [0.1, 0.15) is 17.2 Å². The Balaban J connectivity index is 1.52. The van der Waals surface area contributed by atoms with E-state index in [1.807, 2.05) is 0 Å². The highest BCUT2D eigenvalue weighted by atomic mass is 32.2. The molecule has 0 spiro atoms. The highest BCUT2D eigenvalue weighted by Crippen LogP contribution is 2.34. The largest absolute Gasteiger partial charge is 0.421 e. The number of halogens is 3. The highest BCUT2D eigenvalue weighted by Gasteiger charge is 2.35. The summed E-state index contributed by atoms with van der Waals surface area (Å²) in [6, 6.07) is 9.46. The second kappa shape index (κ2) is 12.0. The van der Waals surface area contributed by atoms with Crippen LogP contribution in [0.1, 0.15) is 34.3 Å². The van der Waals surface area contributed by atoms with Gasteiger partial charge in [-0.1, -0.05) is 12.1 Å². The summed E-state index contributed by atoms with van der Waals surface area (Å²) in [7, 11) is -2.36. The van der Waals surface area contributed by atoms with Gasteiger partial charge >= 0.3 is 6.18 Å². The van der Waals surface area contributed by atoms with Gasteiger partial charge in [0, 0.05) is 56.0 Å². The van der Waals surface area contributed by atoms with Gasteiger partial charge in [0.15, 0.2) is 0 Å². The number of amides is 1. The fourth-order valence-corrected chi connectivity index (χ4v) is 4.43. The lowest BCUT2D eigenvalue weighted by Crippen LogP contribution is -2.31. The summed E-state index contributed by atoms with van der Waals surface area (Å²) >= 11 is 0. The van der Waals surface area contributed by atoms with Crippen LogP contribution in [0.15, 0.2) is 48.8 Å². The Kier molecular flexibility index (Phi) is 8.73. The number of nitrogens with one attached hydrogen (secondary N) is 3. The minimum atomic E-state index is -4.76. The van der Waals surface area contributed by atoms with Crippen LogP contribution in [0.5, 0.6) is 0 Å². The van der Waals surface area contributed by atoms with Gasteiger partial charge in [0.2, 0.25) is 16.0 Å². The number of carbonyl (C=O) groups is 1. The van der Waals surface area contributed by atoms with Crippen molar-refractivity contribution in [3.8, 4) is 0 Å². The maximum atomic E-state index is 13.7. The lowest BCUT2D eigenvalue weighted by molar-refractivity contribution is -0.137. The number of hydrogen-bond donors (Lipinski definition) is 3. The molecule has 1 aromatic carbocycles. The third kappa shape index (κ3) is 7.35. The van der Waals surface area contributed by atoms with Crippen molar-refractivity contribution < 1.29 is 31.1 Å². The molecule has 1 amide bonds. The minimum Gasteiger partial charge on any atom is -0.376 e. The number of rotatable bonds is 10. The summed E-state index contributed by atoms with van der Waals surface area (Å²) in [5.41, 5.74) is -0.0484. The number of alkyl halides is 3. The average Bonchev–Trinajstić information content (AvgIpc) is 3.43. The number of nitrogens with zero attached hydrogens (tertiary/aromatic N) is 4. The molecule has 15 heteroatoms. The molecule has 0 aliphatic carbocycles. The molecule has 214 valence electrons. The van der Waals surface area contributed by atoms with E-state index in [9.17, 15) is 26.4 Å². The second-order valence-corrected chi connectivity index (χ2v) is 11.1. The monoisotopic (exact) mass is 579 g/mol. The Labute approximate surface area is 229 Å². The molecular weight excluding hydrogens is 551 g/mol. The average molecular weight is 580 g/mol. The maximum Gasteiger partial charge on any atom is 0.421 e. The van der Waals surface area contributed by atoms with Crippen LogP contribution in [-0.2, 0) is 27.5 Å². The molecule has 0 radical (unpaired) electrons. The van der Waals surface area contributed by atoms with Gasteiger partial charge in [-0.05, 0) is 37.1 Å². The van der Waals surface area contributed by atoms with Crippen LogP contribution in [0.4, 0.5) is 36.4 Å². The number of hydrogen-bond acceptors (Lipinski definition) is 9. The number of sulfonamides is 1. The van der Waals surface area contributed by atoms with Crippen molar-refractivity contribution in [1.29, 1.82) is 0 Å². The molecule has 11 nitrogen and oxygen atoms in total. The molecule has 3 aromatic rings. The van der Waals surface area contributed by atoms with Gasteiger partial charge in [-0.3, -0.25) is 9.10 Å². The van der Waals surface area contributed by atoms with E-state index in [4.69, 9.17) is 4.74 Å². The molecule has 1 atom stereocenters. The first-order chi connectivity index (χ1) is 18.9. The lowest BCUT2D eigenvalue weighted by Gasteiger charge is -2.20. The molecule has 1 aliphatic rings. The first-order valence-corrected chi connectivity index (χ1v) is 14.1. The molecule has 1 fully saturated rings. The van der Waals surface area contributed by atoms with Crippen LogP contribution >= 0.6 is 0 Å². The molecule has 1 saturated heterocycles. The summed E-state index contributed by atoms with van der Waals surface area (Å²) in [6.07, 6.45) is 0.0552. The van der Waals surface area contributed by atoms with Gasteiger partial charge in [-0.15, -0.1) is 0 Å². The molecule has 1 aliphatic heterocycles. The molecule has 4 rings (SSSR count). The van der Waals surface area contributed by atoms with Crippen molar-refractivity contribution in [3.05, 3.63) is 65.5 Å². The van der Waals surface area contributed by atoms with Crippen LogP contribution in [-0.4, -0.2) is 61.8 Å². The number of aromatic nitrogens is 3. The summed E-state index contributed by atoms with van der Waals surface area (Å²) in [5.74, 6) is -0.923. The number of carbonyl (C=O) groups excluding carboxylic acids is 1. The Morgan fingerprint density at radius 2 is 2.00 bits per heavy atom. The van der Waals surface area contributed by atoms with E-state index in [1.54, 1.807) is 24.3 Å². The quantitative estimate of drug-likeness (QED) is 0.329. The summed E-state index contributed by atoms with van der Waals surface area (Å²) < 4.78 is 71.6. The molecule has 3 heterocycles. The zero-order valence-electron chi connectivity index (χ0n) is 21.7. The number of ether oxygens (including phenoxy) is 1. The Hall–Kier alpha value is -3.98. The van der Waals surface area contributed by atoms with Crippen molar-refractivity contribution >= 4 is 39.2 Å². The molecule has 0 bridgehead atoms. The van der Waals surface area contributed by atoms with Gasteiger partial charge in [0.05, 0.1) is 12.4 Å². The van der Waals surface area contributed by atoms with Crippen molar-refractivity contribution in [3.63, 3.8) is 0 Å². The van der Waals surface area contributed by atoms with Gasteiger partial charge in [-0.2, -0.15) is 18.2 Å². The van der Waals surface area contributed by atoms with E-state index in [2.05, 4.69) is 30.9 Å². The Morgan fingerprint density at radius 1 is 1.20 bits per heavy atom. The first-order valence-electron chi connectivity index (χ1n) is 12.2. The van der Waals surface area contributed by atoms with E-state index >= 15 is 0 Å². The van der Waals surface area contributed by atoms with Crippen molar-refractivity contribution in [2.24, 2.45) is 0 Å². The zero-order chi connectivity index (χ0) is 28.9. The summed E-state index contributed by atoms with van der Waals surface area (Å²) in [5, 5.41) is 8.28. The van der Waals surface area contributed by atoms with Crippen molar-refractivity contribution in [2.45, 2.75) is 31.7 Å². The molecule has 0 saturated carbocycles. The lowest BCUT2D eigenvalue weighted by atomic mass is 10.1. The van der Waals surface area contributed by atoms with Crippen LogP contribution in [0, 0.1) is 0 Å². The maximum absolute atomic E-state index is 13.7. The topological polar surface area (TPSA) is 138 Å². The van der Waals surface area contributed by atoms with E-state index < -0.39 is 27.6 Å². The van der Waals surface area contributed by atoms with E-state index in [0.717, 1.165) is 23.4 Å².